The van der Waals surface area contributed by atoms with Gasteiger partial charge in [-0.3, -0.25) is 0 Å². The number of hydrogen-bond acceptors (Lipinski definition) is 3. The van der Waals surface area contributed by atoms with E-state index in [-0.39, 0.29) is 22.1 Å². The molecule has 0 bridgehead atoms. The van der Waals surface area contributed by atoms with Gasteiger partial charge in [0.25, 0.3) is 0 Å². The van der Waals surface area contributed by atoms with Gasteiger partial charge < -0.3 is 10.2 Å². The molecule has 0 aliphatic carbocycles. The van der Waals surface area contributed by atoms with E-state index < -0.39 is 0 Å². The van der Waals surface area contributed by atoms with Crippen LogP contribution >= 0.6 is 11.6 Å². The predicted octanol–water partition coefficient (Wildman–Crippen LogP) is 3.29. The van der Waals surface area contributed by atoms with E-state index >= 15 is 0 Å². The fraction of sp³-hybridized carbons (Fsp3) is 0. The van der Waals surface area contributed by atoms with Crippen LogP contribution in [0.25, 0.3) is 11.1 Å². The summed E-state index contributed by atoms with van der Waals surface area (Å²) >= 11 is 5.97. The molecule has 0 aliphatic heterocycles. The van der Waals surface area contributed by atoms with Crippen molar-refractivity contribution in [2.24, 2.45) is 0 Å². The van der Waals surface area contributed by atoms with Crippen molar-refractivity contribution in [2.75, 3.05) is 0 Å². The second kappa shape index (κ2) is 4.36. The fourth-order valence-electron chi connectivity index (χ4n) is 1.61. The molecule has 2 aromatic carbocycles. The number of nitriles is 1. The summed E-state index contributed by atoms with van der Waals surface area (Å²) in [7, 11) is 0. The lowest BCUT2D eigenvalue weighted by Gasteiger charge is -2.08. The molecular formula is C13H8ClNO2. The molecular weight excluding hydrogens is 238 g/mol. The predicted molar refractivity (Wildman–Crippen MR) is 64.9 cm³/mol. The highest BCUT2D eigenvalue weighted by molar-refractivity contribution is 6.34. The molecule has 3 nitrogen and oxygen atoms in total. The first-order valence-corrected chi connectivity index (χ1v) is 5.23. The van der Waals surface area contributed by atoms with E-state index in [1.165, 1.54) is 12.1 Å². The molecule has 0 heterocycles. The molecule has 0 unspecified atom stereocenters. The van der Waals surface area contributed by atoms with E-state index in [9.17, 15) is 10.2 Å². The summed E-state index contributed by atoms with van der Waals surface area (Å²) in [5.41, 5.74) is 1.15. The van der Waals surface area contributed by atoms with Gasteiger partial charge in [-0.1, -0.05) is 35.9 Å². The second-order valence-electron chi connectivity index (χ2n) is 3.45. The van der Waals surface area contributed by atoms with Crippen LogP contribution in [0, 0.1) is 11.3 Å². The van der Waals surface area contributed by atoms with E-state index in [4.69, 9.17) is 16.9 Å². The van der Waals surface area contributed by atoms with Crippen LogP contribution in [0.15, 0.2) is 36.4 Å². The Kier molecular flexibility index (Phi) is 2.90. The highest BCUT2D eigenvalue weighted by Gasteiger charge is 2.13. The van der Waals surface area contributed by atoms with Gasteiger partial charge in [-0.05, 0) is 12.1 Å². The summed E-state index contributed by atoms with van der Waals surface area (Å²) in [6.07, 6.45) is 0. The number of aromatic hydroxyl groups is 2. The van der Waals surface area contributed by atoms with Crippen LogP contribution in [0.2, 0.25) is 5.02 Å². The standard InChI is InChI=1S/C13H8ClNO2/c14-13-9(4-2-6-12(13)17)8-3-1-5-11(16)10(8)7-15/h1-6,16-17H. The average Bonchev–Trinajstić information content (AvgIpc) is 2.32. The zero-order chi connectivity index (χ0) is 12.4. The first-order valence-electron chi connectivity index (χ1n) is 4.85. The normalized spacial score (nSPS) is 9.88. The third kappa shape index (κ3) is 1.91. The summed E-state index contributed by atoms with van der Waals surface area (Å²) in [6.45, 7) is 0. The third-order valence-corrected chi connectivity index (χ3v) is 2.82. The third-order valence-electron chi connectivity index (χ3n) is 2.42. The van der Waals surface area contributed by atoms with Gasteiger partial charge in [0.2, 0.25) is 0 Å². The second-order valence-corrected chi connectivity index (χ2v) is 3.83. The number of nitrogens with zero attached hydrogens (tertiary/aromatic N) is 1. The molecule has 0 amide bonds. The number of benzene rings is 2. The Morgan fingerprint density at radius 1 is 0.941 bits per heavy atom. The van der Waals surface area contributed by atoms with Crippen molar-refractivity contribution in [3.05, 3.63) is 47.0 Å². The Hall–Kier alpha value is -2.18. The Morgan fingerprint density at radius 3 is 2.18 bits per heavy atom. The van der Waals surface area contributed by atoms with Crippen LogP contribution in [0.5, 0.6) is 11.5 Å². The molecule has 0 aliphatic rings. The average molecular weight is 246 g/mol. The quantitative estimate of drug-likeness (QED) is 0.810. The Labute approximate surface area is 103 Å². The molecule has 0 radical (unpaired) electrons. The van der Waals surface area contributed by atoms with Gasteiger partial charge in [-0.25, -0.2) is 0 Å². The largest absolute Gasteiger partial charge is 0.507 e. The summed E-state index contributed by atoms with van der Waals surface area (Å²) < 4.78 is 0. The van der Waals surface area contributed by atoms with E-state index in [1.54, 1.807) is 24.3 Å². The number of halogens is 1. The molecule has 0 fully saturated rings. The Balaban J connectivity index is 2.74. The zero-order valence-corrected chi connectivity index (χ0v) is 9.44. The molecule has 0 atom stereocenters. The van der Waals surface area contributed by atoms with Crippen LogP contribution in [-0.2, 0) is 0 Å². The van der Waals surface area contributed by atoms with Crippen LogP contribution in [0.1, 0.15) is 5.56 Å². The van der Waals surface area contributed by atoms with E-state index in [2.05, 4.69) is 0 Å². The lowest BCUT2D eigenvalue weighted by atomic mass is 9.99. The van der Waals surface area contributed by atoms with Crippen molar-refractivity contribution in [3.8, 4) is 28.7 Å². The van der Waals surface area contributed by atoms with E-state index in [1.807, 2.05) is 6.07 Å². The molecule has 2 rings (SSSR count). The minimum atomic E-state index is -0.107. The van der Waals surface area contributed by atoms with Crippen molar-refractivity contribution in [2.45, 2.75) is 0 Å². The van der Waals surface area contributed by atoms with Crippen LogP contribution in [0.3, 0.4) is 0 Å². The Morgan fingerprint density at radius 2 is 1.53 bits per heavy atom. The van der Waals surface area contributed by atoms with Gasteiger partial charge in [-0.2, -0.15) is 5.26 Å². The number of rotatable bonds is 1. The van der Waals surface area contributed by atoms with Gasteiger partial charge in [-0.15, -0.1) is 0 Å². The molecule has 0 saturated carbocycles. The zero-order valence-electron chi connectivity index (χ0n) is 8.68. The minimum absolute atomic E-state index is 0.0589. The van der Waals surface area contributed by atoms with E-state index in [0.29, 0.717) is 11.1 Å². The molecule has 0 saturated heterocycles. The van der Waals surface area contributed by atoms with Gasteiger partial charge >= 0.3 is 0 Å². The lowest BCUT2D eigenvalue weighted by Crippen LogP contribution is -1.86. The lowest BCUT2D eigenvalue weighted by molar-refractivity contribution is 0.473. The maximum atomic E-state index is 9.58. The van der Waals surface area contributed by atoms with Crippen LogP contribution < -0.4 is 0 Å². The van der Waals surface area contributed by atoms with Crippen molar-refractivity contribution < 1.29 is 10.2 Å². The van der Waals surface area contributed by atoms with Gasteiger partial charge in [0, 0.05) is 11.1 Å². The molecule has 17 heavy (non-hydrogen) atoms. The SMILES string of the molecule is N#Cc1c(O)cccc1-c1cccc(O)c1Cl. The highest BCUT2D eigenvalue weighted by atomic mass is 35.5. The summed E-state index contributed by atoms with van der Waals surface area (Å²) in [5, 5.41) is 28.3. The van der Waals surface area contributed by atoms with Crippen LogP contribution in [-0.4, -0.2) is 10.2 Å². The topological polar surface area (TPSA) is 64.2 Å². The summed E-state index contributed by atoms with van der Waals surface area (Å²) in [4.78, 5) is 0. The number of hydrogen-bond donors (Lipinski definition) is 2. The summed E-state index contributed by atoms with van der Waals surface area (Å²) in [5.74, 6) is -0.166. The number of phenolic OH excluding ortho intramolecular Hbond substituents is 2. The van der Waals surface area contributed by atoms with Gasteiger partial charge in [0.1, 0.15) is 23.1 Å². The first-order chi connectivity index (χ1) is 8.15. The minimum Gasteiger partial charge on any atom is -0.507 e. The molecule has 2 N–H and O–H groups in total. The highest BCUT2D eigenvalue weighted by Crippen LogP contribution is 2.37. The van der Waals surface area contributed by atoms with E-state index in [0.717, 1.165) is 0 Å². The Bertz CT molecular complexity index is 617. The van der Waals surface area contributed by atoms with Crippen molar-refractivity contribution in [1.29, 1.82) is 5.26 Å². The maximum absolute atomic E-state index is 9.58. The molecule has 84 valence electrons. The summed E-state index contributed by atoms with van der Waals surface area (Å²) in [6, 6.07) is 11.4. The fourth-order valence-corrected chi connectivity index (χ4v) is 1.84. The molecule has 0 spiro atoms. The van der Waals surface area contributed by atoms with Gasteiger partial charge in [0.15, 0.2) is 0 Å². The smallest absolute Gasteiger partial charge is 0.134 e. The van der Waals surface area contributed by atoms with Crippen LogP contribution in [0.4, 0.5) is 0 Å². The monoisotopic (exact) mass is 245 g/mol. The van der Waals surface area contributed by atoms with Crippen molar-refractivity contribution >= 4 is 11.6 Å². The number of phenols is 2. The molecule has 4 heteroatoms. The first kappa shape index (κ1) is 11.3. The maximum Gasteiger partial charge on any atom is 0.134 e. The van der Waals surface area contributed by atoms with Crippen molar-refractivity contribution in [3.63, 3.8) is 0 Å². The van der Waals surface area contributed by atoms with Gasteiger partial charge in [0.05, 0.1) is 5.02 Å². The molecule has 2 aromatic rings. The van der Waals surface area contributed by atoms with Crippen molar-refractivity contribution in [1.82, 2.24) is 0 Å². The molecule has 0 aromatic heterocycles.